The Morgan fingerprint density at radius 2 is 1.48 bits per heavy atom. The minimum Gasteiger partial charge on any atom is -0.490 e. The van der Waals surface area contributed by atoms with Crippen molar-refractivity contribution in [2.75, 3.05) is 18.9 Å². The van der Waals surface area contributed by atoms with Gasteiger partial charge in [-0.2, -0.15) is 5.26 Å². The lowest BCUT2D eigenvalue weighted by Gasteiger charge is -2.23. The molecule has 0 bridgehead atoms. The summed E-state index contributed by atoms with van der Waals surface area (Å²) in [6.07, 6.45) is 0.684. The number of hydrogen-bond donors (Lipinski definition) is 4. The van der Waals surface area contributed by atoms with E-state index in [2.05, 4.69) is 26.2 Å². The van der Waals surface area contributed by atoms with Crippen molar-refractivity contribution in [3.8, 4) is 34.4 Å². The molecule has 0 aliphatic heterocycles. The van der Waals surface area contributed by atoms with Gasteiger partial charge in [-0.25, -0.2) is 19.6 Å². The van der Waals surface area contributed by atoms with Gasteiger partial charge in [-0.3, -0.25) is 14.4 Å². The minimum absolute atomic E-state index is 0.0128. The van der Waals surface area contributed by atoms with Gasteiger partial charge in [-0.15, -0.1) is 0 Å². The van der Waals surface area contributed by atoms with Crippen LogP contribution in [-0.4, -0.2) is 71.0 Å². The topological polar surface area (TPSA) is 253 Å². The van der Waals surface area contributed by atoms with Crippen LogP contribution in [0, 0.1) is 23.8 Å². The number of aromatic nitrogens is 2. The van der Waals surface area contributed by atoms with Gasteiger partial charge in [0.2, 0.25) is 17.5 Å². The van der Waals surface area contributed by atoms with Gasteiger partial charge < -0.3 is 41.1 Å². The van der Waals surface area contributed by atoms with Crippen LogP contribution in [-0.2, 0) is 47.2 Å². The number of esters is 2. The molecule has 0 fully saturated rings. The number of nitrogens with zero attached hydrogens (tertiary/aromatic N) is 4. The first-order chi connectivity index (χ1) is 33.2. The third-order valence-corrected chi connectivity index (χ3v) is 11.9. The molecule has 354 valence electrons. The zero-order chi connectivity index (χ0) is 49.5. The molecule has 0 aliphatic carbocycles. The van der Waals surface area contributed by atoms with Gasteiger partial charge in [-0.1, -0.05) is 103 Å². The van der Waals surface area contributed by atoms with Gasteiger partial charge in [-0.05, 0) is 72.9 Å². The SMILES string of the molecule is [C-]#[N+]c1c(N)nc(SCc2coc(-c3ccc(Cl)cc3)n2)c(C#N)c1-c1ccc(OC[C@@H](COC(=O)[C@H](C)CC(=O)[C@@H](N)Cc2ccccc2)OC(=O)[C@H](C)NC(=O)[C@@H](N)Cc2ccccc2)cc1. The number of nitrogens with two attached hydrogens (primary N) is 3. The molecule has 0 spiro atoms. The van der Waals surface area contributed by atoms with E-state index in [4.69, 9.17) is 54.0 Å². The molecule has 5 atom stereocenters. The summed E-state index contributed by atoms with van der Waals surface area (Å²) < 4.78 is 23.0. The highest BCUT2D eigenvalue weighted by Crippen LogP contribution is 2.42. The van der Waals surface area contributed by atoms with Crippen LogP contribution in [0.2, 0.25) is 5.02 Å². The maximum atomic E-state index is 13.4. The van der Waals surface area contributed by atoms with E-state index in [9.17, 15) is 24.4 Å². The van der Waals surface area contributed by atoms with Gasteiger partial charge in [0.05, 0.1) is 35.8 Å². The molecule has 0 aliphatic rings. The fourth-order valence-corrected chi connectivity index (χ4v) is 7.88. The number of nitrogens with one attached hydrogen (secondary N) is 1. The van der Waals surface area contributed by atoms with Crippen molar-refractivity contribution in [2.24, 2.45) is 17.4 Å². The van der Waals surface area contributed by atoms with E-state index in [1.54, 1.807) is 48.5 Å². The first kappa shape index (κ1) is 50.9. The van der Waals surface area contributed by atoms with E-state index in [1.165, 1.54) is 31.9 Å². The Morgan fingerprint density at radius 1 is 0.855 bits per heavy atom. The molecular formula is C51H49ClN8O8S. The second-order valence-corrected chi connectivity index (χ2v) is 17.4. The predicted octanol–water partition coefficient (Wildman–Crippen LogP) is 7.43. The minimum atomic E-state index is -1.19. The largest absolute Gasteiger partial charge is 0.490 e. The fraction of sp³-hybridized carbons (Fsp3) is 0.255. The summed E-state index contributed by atoms with van der Waals surface area (Å²) in [6, 6.07) is 31.1. The predicted molar refractivity (Wildman–Crippen MR) is 261 cm³/mol. The number of ketones is 1. The number of rotatable bonds is 22. The number of nitriles is 1. The molecule has 2 heterocycles. The van der Waals surface area contributed by atoms with Crippen LogP contribution in [0.4, 0.5) is 11.5 Å². The highest BCUT2D eigenvalue weighted by Gasteiger charge is 2.28. The van der Waals surface area contributed by atoms with Crippen LogP contribution in [0.1, 0.15) is 42.7 Å². The Bertz CT molecular complexity index is 2820. The number of carbonyl (C=O) groups is 4. The molecule has 0 saturated carbocycles. The number of oxazole rings is 1. The molecule has 0 saturated heterocycles. The first-order valence-electron chi connectivity index (χ1n) is 21.7. The molecule has 69 heavy (non-hydrogen) atoms. The number of hydrogen-bond acceptors (Lipinski definition) is 15. The van der Waals surface area contributed by atoms with E-state index in [-0.39, 0.29) is 64.4 Å². The van der Waals surface area contributed by atoms with Gasteiger partial charge in [0, 0.05) is 28.3 Å². The van der Waals surface area contributed by atoms with Gasteiger partial charge in [0.15, 0.2) is 11.9 Å². The molecule has 2 aromatic heterocycles. The average Bonchev–Trinajstić information content (AvgIpc) is 3.83. The molecule has 4 aromatic carbocycles. The van der Waals surface area contributed by atoms with Gasteiger partial charge in [0.25, 0.3) is 0 Å². The smallest absolute Gasteiger partial charge is 0.328 e. The van der Waals surface area contributed by atoms with E-state index >= 15 is 0 Å². The van der Waals surface area contributed by atoms with Crippen molar-refractivity contribution in [1.29, 1.82) is 5.26 Å². The number of nitrogen functional groups attached to an aromatic ring is 1. The van der Waals surface area contributed by atoms with Crippen molar-refractivity contribution in [3.63, 3.8) is 0 Å². The molecule has 6 rings (SSSR count). The van der Waals surface area contributed by atoms with Gasteiger partial charge >= 0.3 is 11.9 Å². The number of benzene rings is 4. The van der Waals surface area contributed by atoms with Crippen LogP contribution in [0.5, 0.6) is 5.75 Å². The Hall–Kier alpha value is -7.54. The van der Waals surface area contributed by atoms with E-state index in [0.717, 1.165) is 16.7 Å². The van der Waals surface area contributed by atoms with Crippen LogP contribution < -0.4 is 27.3 Å². The van der Waals surface area contributed by atoms with Crippen LogP contribution in [0.15, 0.2) is 125 Å². The summed E-state index contributed by atoms with van der Waals surface area (Å²) in [5.74, 6) is -2.46. The number of thioether (sulfide) groups is 1. The number of anilines is 1. The highest BCUT2D eigenvalue weighted by molar-refractivity contribution is 7.98. The Kier molecular flexibility index (Phi) is 18.0. The normalized spacial score (nSPS) is 13.1. The lowest BCUT2D eigenvalue weighted by Crippen LogP contribution is -2.49. The standard InChI is InChI=1S/C51H49ClN8O8S/c1-30(22-43(61)41(54)23-32-10-6-4-7-11-32)50(63)67-28-39(68-51(64)31(2)58-47(62)42(55)24-33-12-8-5-9-13-33)27-65-38-20-16-34(17-21-38)44-40(25-53)49(60-46(56)45(44)57-3)69-29-37-26-66-48(59-37)35-14-18-36(52)19-15-35/h4-21,26,30-31,39,41-42H,22-24,27-29,54-55H2,1-2H3,(H2,56,60)(H,58,62)/t30-,31+,39+,41+,42+/m1/s1. The lowest BCUT2D eigenvalue weighted by atomic mass is 9.96. The molecule has 6 aromatic rings. The molecular weight excluding hydrogens is 920 g/mol. The number of Topliss-reactive ketones (excluding diaryl/α,β-unsaturated/α-hetero) is 1. The summed E-state index contributed by atoms with van der Waals surface area (Å²) in [6.45, 7) is 10.1. The van der Waals surface area contributed by atoms with Crippen LogP contribution >= 0.6 is 23.4 Å². The maximum absolute atomic E-state index is 13.4. The fourth-order valence-electron chi connectivity index (χ4n) is 6.88. The quantitative estimate of drug-likeness (QED) is 0.0293. The number of ether oxygens (including phenoxy) is 3. The van der Waals surface area contributed by atoms with Crippen molar-refractivity contribution < 1.29 is 37.8 Å². The summed E-state index contributed by atoms with van der Waals surface area (Å²) in [5.41, 5.74) is 22.5. The van der Waals surface area contributed by atoms with Crippen molar-refractivity contribution >= 4 is 58.5 Å². The monoisotopic (exact) mass is 968 g/mol. The lowest BCUT2D eigenvalue weighted by molar-refractivity contribution is -0.164. The van der Waals surface area contributed by atoms with E-state index in [0.29, 0.717) is 28.6 Å². The summed E-state index contributed by atoms with van der Waals surface area (Å²) >= 11 is 7.22. The molecule has 0 unspecified atom stereocenters. The summed E-state index contributed by atoms with van der Waals surface area (Å²) in [4.78, 5) is 65.0. The van der Waals surface area contributed by atoms with Gasteiger partial charge in [0.1, 0.15) is 48.2 Å². The maximum Gasteiger partial charge on any atom is 0.328 e. The number of amides is 1. The van der Waals surface area contributed by atoms with E-state index in [1.807, 2.05) is 60.7 Å². The van der Waals surface area contributed by atoms with Crippen LogP contribution in [0.3, 0.4) is 0 Å². The van der Waals surface area contributed by atoms with E-state index < -0.39 is 54.6 Å². The van der Waals surface area contributed by atoms with Crippen LogP contribution in [0.25, 0.3) is 27.4 Å². The average molecular weight is 970 g/mol. The van der Waals surface area contributed by atoms with Crippen molar-refractivity contribution in [2.45, 2.75) is 68.1 Å². The Morgan fingerprint density at radius 3 is 2.10 bits per heavy atom. The Balaban J connectivity index is 1.13. The molecule has 0 radical (unpaired) electrons. The number of halogens is 1. The summed E-state index contributed by atoms with van der Waals surface area (Å²) in [7, 11) is 0. The third kappa shape index (κ3) is 14.2. The molecule has 7 N–H and O–H groups in total. The zero-order valence-electron chi connectivity index (χ0n) is 37.7. The first-order valence-corrected chi connectivity index (χ1v) is 23.1. The molecule has 1 amide bonds. The molecule has 18 heteroatoms. The zero-order valence-corrected chi connectivity index (χ0v) is 39.2. The number of carbonyl (C=O) groups excluding carboxylic acids is 4. The third-order valence-electron chi connectivity index (χ3n) is 10.6. The molecule has 16 nitrogen and oxygen atoms in total. The number of pyridine rings is 1. The second kappa shape index (κ2) is 24.5. The Labute approximate surface area is 408 Å². The summed E-state index contributed by atoms with van der Waals surface area (Å²) in [5, 5.41) is 13.8. The van der Waals surface area contributed by atoms with Crippen molar-refractivity contribution in [1.82, 2.24) is 15.3 Å². The highest BCUT2D eigenvalue weighted by atomic mass is 35.5. The van der Waals surface area contributed by atoms with Crippen molar-refractivity contribution in [3.05, 3.63) is 154 Å². The second-order valence-electron chi connectivity index (χ2n) is 16.0.